The van der Waals surface area contributed by atoms with Crippen molar-refractivity contribution in [2.75, 3.05) is 20.2 Å². The van der Waals surface area contributed by atoms with Crippen molar-refractivity contribution in [3.63, 3.8) is 0 Å². The molecule has 0 atom stereocenters. The van der Waals surface area contributed by atoms with Gasteiger partial charge in [-0.05, 0) is 12.6 Å². The summed E-state index contributed by atoms with van der Waals surface area (Å²) in [6.07, 6.45) is 0. The minimum Gasteiger partial charge on any atom is -0.375 e. The van der Waals surface area contributed by atoms with Gasteiger partial charge < -0.3 is 10.1 Å². The van der Waals surface area contributed by atoms with Crippen LogP contribution < -0.4 is 5.32 Å². The molecule has 12 heavy (non-hydrogen) atoms. The van der Waals surface area contributed by atoms with E-state index in [1.54, 1.807) is 7.05 Å². The van der Waals surface area contributed by atoms with Gasteiger partial charge in [0.1, 0.15) is 0 Å². The van der Waals surface area contributed by atoms with Crippen LogP contribution in [0.5, 0.6) is 0 Å². The van der Waals surface area contributed by atoms with Gasteiger partial charge in [-0.1, -0.05) is 30.3 Å². The van der Waals surface area contributed by atoms with E-state index in [-0.39, 0.29) is 6.61 Å². The molecule has 2 nitrogen and oxygen atoms in total. The molecule has 0 aromatic heterocycles. The Hall–Kier alpha value is -0.860. The highest BCUT2D eigenvalue weighted by Gasteiger charge is 1.89. The Kier molecular flexibility index (Phi) is 3.18. The highest BCUT2D eigenvalue weighted by Crippen LogP contribution is 1.99. The fraction of sp³-hybridized carbons (Fsp3) is 0.400. The van der Waals surface area contributed by atoms with Gasteiger partial charge in [-0.2, -0.15) is 0 Å². The molecule has 0 heterocycles. The number of ether oxygens (including phenoxy) is 1. The second-order valence-electron chi connectivity index (χ2n) is 2.41. The Labute approximate surface area is 76.4 Å². The molecule has 1 rings (SSSR count). The number of hydrogen-bond acceptors (Lipinski definition) is 2. The van der Waals surface area contributed by atoms with Crippen molar-refractivity contribution in [1.82, 2.24) is 5.32 Å². The van der Waals surface area contributed by atoms with E-state index in [2.05, 4.69) is 5.32 Å². The smallest absolute Gasteiger partial charge is 0.0717 e. The molecule has 2 heteroatoms. The van der Waals surface area contributed by atoms with E-state index < -0.39 is 6.50 Å². The first-order valence-electron chi connectivity index (χ1n) is 4.95. The maximum Gasteiger partial charge on any atom is 0.0717 e. The number of likely N-dealkylation sites (N-methyl/N-ethyl adjacent to an activating group) is 1. The minimum atomic E-state index is -1.45. The summed E-state index contributed by atoms with van der Waals surface area (Å²) in [5.74, 6) is 0. The molecule has 1 aromatic rings. The molecule has 0 saturated carbocycles. The van der Waals surface area contributed by atoms with Crippen LogP contribution in [0.15, 0.2) is 30.3 Å². The van der Waals surface area contributed by atoms with Crippen molar-refractivity contribution >= 4 is 0 Å². The zero-order valence-corrected chi connectivity index (χ0v) is 7.21. The molecule has 0 amide bonds. The van der Waals surface area contributed by atoms with Crippen LogP contribution in [0.25, 0.3) is 0 Å². The molecule has 0 aliphatic heterocycles. The van der Waals surface area contributed by atoms with E-state index in [1.807, 2.05) is 30.3 Å². The van der Waals surface area contributed by atoms with E-state index in [0.717, 1.165) is 5.56 Å². The average Bonchev–Trinajstić information content (AvgIpc) is 2.19. The Morgan fingerprint density at radius 2 is 2.17 bits per heavy atom. The van der Waals surface area contributed by atoms with Crippen LogP contribution in [-0.4, -0.2) is 20.2 Å². The first kappa shape index (κ1) is 6.63. The fourth-order valence-corrected chi connectivity index (χ4v) is 0.866. The molecule has 0 radical (unpaired) electrons. The van der Waals surface area contributed by atoms with Gasteiger partial charge >= 0.3 is 0 Å². The Bertz CT molecular complexity index is 264. The highest BCUT2D eigenvalue weighted by molar-refractivity contribution is 5.13. The number of rotatable bonds is 5. The van der Waals surface area contributed by atoms with E-state index in [9.17, 15) is 0 Å². The van der Waals surface area contributed by atoms with Gasteiger partial charge in [-0.25, -0.2) is 0 Å². The summed E-state index contributed by atoms with van der Waals surface area (Å²) in [7, 11) is 1.58. The van der Waals surface area contributed by atoms with E-state index in [0.29, 0.717) is 6.61 Å². The largest absolute Gasteiger partial charge is 0.375 e. The molecular formula is C10H15NO. The lowest BCUT2D eigenvalue weighted by atomic mass is 10.2. The van der Waals surface area contributed by atoms with Crippen LogP contribution in [0.4, 0.5) is 0 Å². The molecule has 0 fully saturated rings. The highest BCUT2D eigenvalue weighted by atomic mass is 16.5. The summed E-state index contributed by atoms with van der Waals surface area (Å²) in [6.45, 7) is -0.949. The topological polar surface area (TPSA) is 21.3 Å². The maximum atomic E-state index is 7.37. The van der Waals surface area contributed by atoms with E-state index >= 15 is 0 Å². The summed E-state index contributed by atoms with van der Waals surface area (Å²) in [5, 5.41) is 2.54. The zero-order chi connectivity index (χ0) is 10.4. The molecule has 0 spiro atoms. The van der Waals surface area contributed by atoms with Crippen molar-refractivity contribution < 1.29 is 7.48 Å². The van der Waals surface area contributed by atoms with Crippen molar-refractivity contribution in [3.05, 3.63) is 35.9 Å². The van der Waals surface area contributed by atoms with Gasteiger partial charge in [0, 0.05) is 9.24 Å². The van der Waals surface area contributed by atoms with Gasteiger partial charge in [0.15, 0.2) is 0 Å². The van der Waals surface area contributed by atoms with Crippen molar-refractivity contribution in [3.8, 4) is 0 Å². The molecule has 1 aromatic carbocycles. The second-order valence-corrected chi connectivity index (χ2v) is 2.41. The lowest BCUT2D eigenvalue weighted by Crippen LogP contribution is -2.13. The summed E-state index contributed by atoms with van der Waals surface area (Å²) in [4.78, 5) is 0. The van der Waals surface area contributed by atoms with Crippen LogP contribution in [0.1, 0.15) is 8.30 Å². The van der Waals surface area contributed by atoms with E-state index in [4.69, 9.17) is 7.48 Å². The molecule has 0 saturated heterocycles. The lowest BCUT2D eigenvalue weighted by Gasteiger charge is -2.02. The van der Waals surface area contributed by atoms with Crippen LogP contribution in [0, 0.1) is 0 Å². The first-order valence-corrected chi connectivity index (χ1v) is 3.95. The van der Waals surface area contributed by atoms with Crippen molar-refractivity contribution in [2.45, 2.75) is 6.61 Å². The van der Waals surface area contributed by atoms with Gasteiger partial charge in [0.05, 0.1) is 13.2 Å². The van der Waals surface area contributed by atoms with Crippen LogP contribution in [0.3, 0.4) is 0 Å². The lowest BCUT2D eigenvalue weighted by molar-refractivity contribution is 0.124. The van der Waals surface area contributed by atoms with Gasteiger partial charge in [-0.3, -0.25) is 0 Å². The van der Waals surface area contributed by atoms with Gasteiger partial charge in [0.2, 0.25) is 0 Å². The van der Waals surface area contributed by atoms with Crippen LogP contribution in [0.2, 0.25) is 0 Å². The number of benzene rings is 1. The standard InChI is InChI=1S/C10H15NO/c1-11-7-8-12-9-10-5-3-2-4-6-10/h2-6,11H,7-9H2,1H3/i7D2. The van der Waals surface area contributed by atoms with E-state index in [1.165, 1.54) is 0 Å². The molecular weight excluding hydrogens is 150 g/mol. The third-order valence-corrected chi connectivity index (χ3v) is 1.46. The summed E-state index contributed by atoms with van der Waals surface area (Å²) >= 11 is 0. The van der Waals surface area contributed by atoms with Crippen molar-refractivity contribution in [1.29, 1.82) is 0 Å². The Morgan fingerprint density at radius 3 is 2.83 bits per heavy atom. The molecule has 0 bridgehead atoms. The quantitative estimate of drug-likeness (QED) is 0.716. The molecule has 0 unspecified atom stereocenters. The summed E-state index contributed by atoms with van der Waals surface area (Å²) < 4.78 is 20.0. The van der Waals surface area contributed by atoms with Gasteiger partial charge in [0.25, 0.3) is 0 Å². The van der Waals surface area contributed by atoms with Crippen molar-refractivity contribution in [2.24, 2.45) is 0 Å². The predicted molar refractivity (Wildman–Crippen MR) is 50.0 cm³/mol. The van der Waals surface area contributed by atoms with Crippen LogP contribution >= 0.6 is 0 Å². The zero-order valence-electron chi connectivity index (χ0n) is 9.21. The summed E-state index contributed by atoms with van der Waals surface area (Å²) in [6, 6.07) is 9.72. The summed E-state index contributed by atoms with van der Waals surface area (Å²) in [5.41, 5.74) is 1.06. The Morgan fingerprint density at radius 1 is 1.42 bits per heavy atom. The first-order chi connectivity index (χ1) is 6.64. The number of hydrogen-bond donors (Lipinski definition) is 1. The maximum absolute atomic E-state index is 7.37. The number of nitrogens with one attached hydrogen (secondary N) is 1. The fourth-order valence-electron chi connectivity index (χ4n) is 0.866. The normalized spacial score (nSPS) is 13.8. The molecule has 0 aliphatic carbocycles. The third-order valence-electron chi connectivity index (χ3n) is 1.46. The third kappa shape index (κ3) is 3.51. The molecule has 0 aliphatic rings. The SMILES string of the molecule is [2H]C([2H])(COCc1ccccc1)NC. The predicted octanol–water partition coefficient (Wildman–Crippen LogP) is 1.42. The monoisotopic (exact) mass is 167 g/mol. The van der Waals surface area contributed by atoms with Crippen LogP contribution in [-0.2, 0) is 11.3 Å². The van der Waals surface area contributed by atoms with Gasteiger partial charge in [-0.15, -0.1) is 0 Å². The minimum absolute atomic E-state index is 0.0540. The molecule has 66 valence electrons. The Balaban J connectivity index is 2.29. The second kappa shape index (κ2) is 5.75. The average molecular weight is 167 g/mol. The molecule has 1 N–H and O–H groups in total.